The Bertz CT molecular complexity index is 288. The minimum Gasteiger partial charge on any atom is -0.395 e. The largest absolute Gasteiger partial charge is 0.395 e. The van der Waals surface area contributed by atoms with E-state index in [2.05, 4.69) is 38.3 Å². The molecule has 2 unspecified atom stereocenters. The summed E-state index contributed by atoms with van der Waals surface area (Å²) in [5.41, 5.74) is 0.583. The monoisotopic (exact) mass is 268 g/mol. The topological polar surface area (TPSA) is 44.3 Å². The molecule has 2 bridgehead atoms. The zero-order valence-electron chi connectivity index (χ0n) is 13.1. The van der Waals surface area contributed by atoms with Crippen LogP contribution in [0.15, 0.2) is 0 Å². The van der Waals surface area contributed by atoms with Gasteiger partial charge in [-0.05, 0) is 42.4 Å². The average molecular weight is 268 g/mol. The van der Waals surface area contributed by atoms with Crippen LogP contribution in [0.3, 0.4) is 0 Å². The smallest absolute Gasteiger partial charge is 0.0584 e. The maximum Gasteiger partial charge on any atom is 0.0584 e. The Hall–Kier alpha value is -0.120. The van der Waals surface area contributed by atoms with E-state index in [0.29, 0.717) is 11.5 Å². The molecule has 0 amide bonds. The van der Waals surface area contributed by atoms with Gasteiger partial charge in [-0.3, -0.25) is 0 Å². The molecule has 3 fully saturated rings. The highest BCUT2D eigenvalue weighted by Gasteiger charge is 2.55. The Morgan fingerprint density at radius 2 is 2.00 bits per heavy atom. The number of nitrogens with one attached hydrogen (secondary N) is 2. The molecule has 0 aromatic carbocycles. The van der Waals surface area contributed by atoms with E-state index < -0.39 is 0 Å². The van der Waals surface area contributed by atoms with Crippen LogP contribution < -0.4 is 10.6 Å². The molecule has 3 rings (SSSR count). The molecule has 5 atom stereocenters. The Labute approximate surface area is 118 Å². The lowest BCUT2D eigenvalue weighted by Crippen LogP contribution is -2.60. The lowest BCUT2D eigenvalue weighted by Gasteiger charge is -2.62. The highest BCUT2D eigenvalue weighted by molar-refractivity contribution is 5.06. The molecule has 3 heteroatoms. The van der Waals surface area contributed by atoms with Gasteiger partial charge in [0.15, 0.2) is 0 Å². The molecule has 3 aliphatic rings. The first-order valence-corrected chi connectivity index (χ1v) is 8.08. The fourth-order valence-electron chi connectivity index (χ4n) is 4.29. The van der Waals surface area contributed by atoms with E-state index in [9.17, 15) is 0 Å². The van der Waals surface area contributed by atoms with Crippen LogP contribution in [0.4, 0.5) is 0 Å². The summed E-state index contributed by atoms with van der Waals surface area (Å²) in [7, 11) is 0. The zero-order chi connectivity index (χ0) is 14.0. The Morgan fingerprint density at radius 1 is 1.26 bits per heavy atom. The molecule has 0 radical (unpaired) electrons. The second kappa shape index (κ2) is 6.11. The van der Waals surface area contributed by atoms with Crippen molar-refractivity contribution in [3.63, 3.8) is 0 Å². The number of aliphatic hydroxyl groups excluding tert-OH is 1. The molecule has 0 aromatic heterocycles. The first-order chi connectivity index (χ1) is 9.00. The van der Waals surface area contributed by atoms with E-state index in [1.165, 1.54) is 12.8 Å². The second-order valence-corrected chi connectivity index (χ2v) is 7.26. The van der Waals surface area contributed by atoms with Gasteiger partial charge in [0.05, 0.1) is 6.61 Å². The number of hydrogen-bond acceptors (Lipinski definition) is 3. The van der Waals surface area contributed by atoms with E-state index in [4.69, 9.17) is 5.11 Å². The molecule has 0 saturated heterocycles. The third kappa shape index (κ3) is 2.98. The lowest BCUT2D eigenvalue weighted by molar-refractivity contribution is -0.114. The van der Waals surface area contributed by atoms with E-state index >= 15 is 0 Å². The highest BCUT2D eigenvalue weighted by atomic mass is 16.3. The maximum atomic E-state index is 9.13. The summed E-state index contributed by atoms with van der Waals surface area (Å²) in [6, 6.07) is 0.964. The Kier molecular flexibility index (Phi) is 4.91. The van der Waals surface area contributed by atoms with Gasteiger partial charge in [0, 0.05) is 25.2 Å². The van der Waals surface area contributed by atoms with E-state index in [1.807, 2.05) is 0 Å². The van der Waals surface area contributed by atoms with Crippen LogP contribution >= 0.6 is 0 Å². The normalized spacial score (nSPS) is 37.7. The van der Waals surface area contributed by atoms with Gasteiger partial charge < -0.3 is 15.7 Å². The first-order valence-electron chi connectivity index (χ1n) is 8.08. The van der Waals surface area contributed by atoms with Gasteiger partial charge in [0.25, 0.3) is 0 Å². The van der Waals surface area contributed by atoms with Gasteiger partial charge in [0.1, 0.15) is 0 Å². The summed E-state index contributed by atoms with van der Waals surface area (Å²) >= 11 is 0. The molecule has 0 aromatic rings. The predicted octanol–water partition coefficient (Wildman–Crippen LogP) is 2.01. The standard InChI is InChI=1S/C16H32N2O/c1-5-13(10-19)17-6-7-18-15-9-12-8-14(11(15)2)16(12,3)4/h11-15,17-19H,5-10H2,1-4H3/t11-,12+,13?,14?,15-/m1/s1. The van der Waals surface area contributed by atoms with Crippen LogP contribution in [0, 0.1) is 23.2 Å². The lowest BCUT2D eigenvalue weighted by atomic mass is 9.45. The van der Waals surface area contributed by atoms with E-state index in [-0.39, 0.29) is 12.6 Å². The summed E-state index contributed by atoms with van der Waals surface area (Å²) in [4.78, 5) is 0. The van der Waals surface area contributed by atoms with Crippen molar-refractivity contribution in [2.45, 2.75) is 59.0 Å². The summed E-state index contributed by atoms with van der Waals surface area (Å²) < 4.78 is 0. The van der Waals surface area contributed by atoms with Crippen molar-refractivity contribution < 1.29 is 5.11 Å². The molecule has 0 spiro atoms. The fraction of sp³-hybridized carbons (Fsp3) is 1.00. The molecule has 3 N–H and O–H groups in total. The minimum atomic E-state index is 0.245. The number of rotatable bonds is 7. The molecule has 3 aliphatic carbocycles. The van der Waals surface area contributed by atoms with Crippen LogP contribution in [-0.4, -0.2) is 36.9 Å². The molecule has 19 heavy (non-hydrogen) atoms. The van der Waals surface area contributed by atoms with Gasteiger partial charge in [-0.2, -0.15) is 0 Å². The summed E-state index contributed by atoms with van der Waals surface area (Å²) in [5.74, 6) is 2.65. The molecule has 3 nitrogen and oxygen atoms in total. The number of aliphatic hydroxyl groups is 1. The molecule has 112 valence electrons. The van der Waals surface area contributed by atoms with E-state index in [0.717, 1.165) is 37.3 Å². The highest BCUT2D eigenvalue weighted by Crippen LogP contribution is 2.61. The summed E-state index contributed by atoms with van der Waals surface area (Å²) in [6.45, 7) is 11.7. The van der Waals surface area contributed by atoms with Gasteiger partial charge in [0.2, 0.25) is 0 Å². The molecule has 3 saturated carbocycles. The van der Waals surface area contributed by atoms with Crippen LogP contribution in [0.1, 0.15) is 47.0 Å². The molecular formula is C16H32N2O. The van der Waals surface area contributed by atoms with Crippen LogP contribution in [0.2, 0.25) is 0 Å². The fourth-order valence-corrected chi connectivity index (χ4v) is 4.29. The quantitative estimate of drug-likeness (QED) is 0.619. The molecule has 0 heterocycles. The van der Waals surface area contributed by atoms with Crippen molar-refractivity contribution in [3.05, 3.63) is 0 Å². The zero-order valence-corrected chi connectivity index (χ0v) is 13.1. The van der Waals surface area contributed by atoms with Gasteiger partial charge in [-0.25, -0.2) is 0 Å². The third-order valence-corrected chi connectivity index (χ3v) is 6.03. The van der Waals surface area contributed by atoms with Crippen LogP contribution in [0.5, 0.6) is 0 Å². The van der Waals surface area contributed by atoms with Crippen molar-refractivity contribution in [3.8, 4) is 0 Å². The van der Waals surface area contributed by atoms with Crippen LogP contribution in [-0.2, 0) is 0 Å². The van der Waals surface area contributed by atoms with Gasteiger partial charge >= 0.3 is 0 Å². The predicted molar refractivity (Wildman–Crippen MR) is 80.1 cm³/mol. The van der Waals surface area contributed by atoms with Gasteiger partial charge in [-0.1, -0.05) is 27.7 Å². The van der Waals surface area contributed by atoms with Crippen molar-refractivity contribution >= 4 is 0 Å². The molecular weight excluding hydrogens is 236 g/mol. The second-order valence-electron chi connectivity index (χ2n) is 7.26. The van der Waals surface area contributed by atoms with Crippen molar-refractivity contribution in [2.75, 3.05) is 19.7 Å². The Morgan fingerprint density at radius 3 is 2.53 bits per heavy atom. The number of fused-ring (bicyclic) bond motifs is 2. The number of hydrogen-bond donors (Lipinski definition) is 3. The average Bonchev–Trinajstić information content (AvgIpc) is 2.39. The van der Waals surface area contributed by atoms with Crippen LogP contribution in [0.25, 0.3) is 0 Å². The minimum absolute atomic E-state index is 0.245. The van der Waals surface area contributed by atoms with Crippen molar-refractivity contribution in [1.29, 1.82) is 0 Å². The maximum absolute atomic E-state index is 9.13. The first kappa shape index (κ1) is 15.3. The van der Waals surface area contributed by atoms with Gasteiger partial charge in [-0.15, -0.1) is 0 Å². The third-order valence-electron chi connectivity index (χ3n) is 6.03. The molecule has 0 aliphatic heterocycles. The van der Waals surface area contributed by atoms with Crippen molar-refractivity contribution in [2.24, 2.45) is 23.2 Å². The van der Waals surface area contributed by atoms with E-state index in [1.54, 1.807) is 0 Å². The summed E-state index contributed by atoms with van der Waals surface area (Å²) in [6.07, 6.45) is 3.80. The Balaban J connectivity index is 1.68. The van der Waals surface area contributed by atoms with Crippen molar-refractivity contribution in [1.82, 2.24) is 10.6 Å². The SMILES string of the molecule is CCC(CO)NCCN[C@@H]1C[C@@H]2CC([C@H]1C)C2(C)C. The summed E-state index contributed by atoms with van der Waals surface area (Å²) in [5, 5.41) is 16.3.